The summed E-state index contributed by atoms with van der Waals surface area (Å²) in [7, 11) is 0. The van der Waals surface area contributed by atoms with Gasteiger partial charge in [0, 0.05) is 21.1 Å². The summed E-state index contributed by atoms with van der Waals surface area (Å²) in [5.41, 5.74) is 1.41. The van der Waals surface area contributed by atoms with Crippen molar-refractivity contribution in [3.63, 3.8) is 0 Å². The molecule has 0 bridgehead atoms. The van der Waals surface area contributed by atoms with E-state index in [0.717, 1.165) is 5.75 Å². The molecule has 0 amide bonds. The Morgan fingerprint density at radius 2 is 1.25 bits per heavy atom. The van der Waals surface area contributed by atoms with E-state index in [-0.39, 0.29) is 63.5 Å². The number of rotatable bonds is 7. The first-order valence-electron chi connectivity index (χ1n) is 8.08. The van der Waals surface area contributed by atoms with E-state index in [2.05, 4.69) is 38.1 Å². The van der Waals surface area contributed by atoms with Crippen LogP contribution in [0.25, 0.3) is 0 Å². The van der Waals surface area contributed by atoms with Gasteiger partial charge < -0.3 is 14.6 Å². The molecule has 1 N–H and O–H groups in total. The van der Waals surface area contributed by atoms with Gasteiger partial charge >= 0.3 is 0 Å². The summed E-state index contributed by atoms with van der Waals surface area (Å²) < 4.78 is 10.7. The fourth-order valence-electron chi connectivity index (χ4n) is 1.87. The molecular weight excluding hydrogens is 520 g/mol. The molecule has 0 aliphatic rings. The third-order valence-corrected chi connectivity index (χ3v) is 3.19. The minimum absolute atomic E-state index is 0. The van der Waals surface area contributed by atoms with E-state index in [1.54, 1.807) is 0 Å². The molecule has 1 atom stereocenters. The maximum absolute atomic E-state index is 8.53. The Bertz CT molecular complexity index is 504. The van der Waals surface area contributed by atoms with E-state index in [4.69, 9.17) is 14.6 Å². The van der Waals surface area contributed by atoms with Crippen LogP contribution < -0.4 is 4.74 Å². The summed E-state index contributed by atoms with van der Waals surface area (Å²) in [5, 5.41) is 8.53. The average Bonchev–Trinajstić information content (AvgIpc) is 2.60. The number of benzene rings is 2. The van der Waals surface area contributed by atoms with Crippen molar-refractivity contribution < 1.29 is 35.6 Å². The van der Waals surface area contributed by atoms with Crippen molar-refractivity contribution in [1.29, 1.82) is 0 Å². The number of hydrogen-bond acceptors (Lipinski definition) is 3. The predicted molar refractivity (Wildman–Crippen MR) is 122 cm³/mol. The number of para-hydroxylation sites is 1. The summed E-state index contributed by atoms with van der Waals surface area (Å²) in [4.78, 5) is 0. The molecule has 0 spiro atoms. The molecule has 0 aliphatic carbocycles. The van der Waals surface area contributed by atoms with Gasteiger partial charge in [-0.3, -0.25) is 0 Å². The first-order valence-corrected chi connectivity index (χ1v) is 8.08. The van der Waals surface area contributed by atoms with Gasteiger partial charge in [0.1, 0.15) is 12.4 Å². The van der Waals surface area contributed by atoms with E-state index in [1.165, 1.54) is 5.56 Å². The van der Waals surface area contributed by atoms with E-state index in [9.17, 15) is 0 Å². The Kier molecular flexibility index (Phi) is 32.1. The standard InChI is InChI=1S/C11H16O3.C9H12.4CH4.W/c1-10(13-8-7-12)9-14-11-5-3-2-4-6-11;1-8(2)9-6-4-3-5-7-9;;;;;/h2-6,10,12H,7-9H2,1H3;3-8H,1-2H3;4*1H4;. The second-order valence-corrected chi connectivity index (χ2v) is 5.59. The van der Waals surface area contributed by atoms with Gasteiger partial charge in [-0.15, -0.1) is 0 Å². The van der Waals surface area contributed by atoms with Crippen LogP contribution in [0.2, 0.25) is 0 Å². The summed E-state index contributed by atoms with van der Waals surface area (Å²) in [6, 6.07) is 20.1. The topological polar surface area (TPSA) is 38.7 Å². The van der Waals surface area contributed by atoms with Crippen LogP contribution in [-0.4, -0.2) is 31.0 Å². The molecule has 3 nitrogen and oxygen atoms in total. The van der Waals surface area contributed by atoms with Crippen molar-refractivity contribution in [2.75, 3.05) is 19.8 Å². The van der Waals surface area contributed by atoms with Crippen molar-refractivity contribution in [3.8, 4) is 5.75 Å². The third kappa shape index (κ3) is 18.2. The van der Waals surface area contributed by atoms with Crippen molar-refractivity contribution in [3.05, 3.63) is 66.2 Å². The Hall–Kier alpha value is -1.15. The smallest absolute Gasteiger partial charge is 0.119 e. The molecule has 0 saturated carbocycles. The molecule has 0 radical (unpaired) electrons. The molecule has 28 heavy (non-hydrogen) atoms. The van der Waals surface area contributed by atoms with Gasteiger partial charge in [0.25, 0.3) is 0 Å². The first kappa shape index (κ1) is 37.6. The number of ether oxygens (including phenoxy) is 2. The fraction of sp³-hybridized carbons (Fsp3) is 0.500. The van der Waals surface area contributed by atoms with Gasteiger partial charge in [-0.2, -0.15) is 0 Å². The maximum Gasteiger partial charge on any atom is 0.119 e. The number of aliphatic hydroxyl groups is 1. The van der Waals surface area contributed by atoms with E-state index in [1.807, 2.05) is 43.3 Å². The quantitative estimate of drug-likeness (QED) is 0.402. The molecule has 0 aromatic heterocycles. The Labute approximate surface area is 189 Å². The molecule has 1 unspecified atom stereocenters. The van der Waals surface area contributed by atoms with Gasteiger partial charge in [0.15, 0.2) is 0 Å². The maximum atomic E-state index is 8.53. The van der Waals surface area contributed by atoms with Crippen LogP contribution in [0.4, 0.5) is 0 Å². The molecule has 0 heterocycles. The van der Waals surface area contributed by atoms with Gasteiger partial charge in [-0.25, -0.2) is 0 Å². The summed E-state index contributed by atoms with van der Waals surface area (Å²) in [5.74, 6) is 1.50. The van der Waals surface area contributed by atoms with Gasteiger partial charge in [-0.05, 0) is 30.5 Å². The SMILES string of the molecule is C.C.C.C.CC(C)c1ccccc1.CC(COc1ccccc1)OCCO.[W]. The molecule has 2 aromatic carbocycles. The Morgan fingerprint density at radius 1 is 0.786 bits per heavy atom. The van der Waals surface area contributed by atoms with E-state index in [0.29, 0.717) is 19.1 Å². The van der Waals surface area contributed by atoms with E-state index < -0.39 is 0 Å². The van der Waals surface area contributed by atoms with Crippen molar-refractivity contribution >= 4 is 0 Å². The molecule has 0 fully saturated rings. The first-order chi connectivity index (χ1) is 11.1. The molecule has 2 aromatic rings. The van der Waals surface area contributed by atoms with Crippen LogP contribution in [-0.2, 0) is 25.8 Å². The largest absolute Gasteiger partial charge is 0.491 e. The zero-order valence-corrected chi connectivity index (χ0v) is 17.7. The normalized spacial score (nSPS) is 9.46. The molecule has 4 heteroatoms. The molecule has 0 saturated heterocycles. The Balaban J connectivity index is -0.000000113. The van der Waals surface area contributed by atoms with Crippen LogP contribution in [0.3, 0.4) is 0 Å². The van der Waals surface area contributed by atoms with Gasteiger partial charge in [-0.1, -0.05) is 92.1 Å². The van der Waals surface area contributed by atoms with Crippen molar-refractivity contribution in [1.82, 2.24) is 0 Å². The third-order valence-electron chi connectivity index (χ3n) is 3.19. The second-order valence-electron chi connectivity index (χ2n) is 5.59. The number of hydrogen-bond donors (Lipinski definition) is 1. The Morgan fingerprint density at radius 3 is 1.64 bits per heavy atom. The molecule has 164 valence electrons. The van der Waals surface area contributed by atoms with Crippen LogP contribution in [0, 0.1) is 0 Å². The van der Waals surface area contributed by atoms with Crippen LogP contribution >= 0.6 is 0 Å². The summed E-state index contributed by atoms with van der Waals surface area (Å²) >= 11 is 0. The minimum Gasteiger partial charge on any atom is -0.491 e. The zero-order chi connectivity index (χ0) is 16.9. The summed E-state index contributed by atoms with van der Waals surface area (Å²) in [6.45, 7) is 7.24. The molecular formula is C24H44O3W. The monoisotopic (exact) mass is 564 g/mol. The fourth-order valence-corrected chi connectivity index (χ4v) is 1.87. The van der Waals surface area contributed by atoms with Gasteiger partial charge in [0.2, 0.25) is 0 Å². The van der Waals surface area contributed by atoms with Gasteiger partial charge in [0.05, 0.1) is 19.3 Å². The number of aliphatic hydroxyl groups excluding tert-OH is 1. The molecule has 2 rings (SSSR count). The van der Waals surface area contributed by atoms with Crippen LogP contribution in [0.15, 0.2) is 60.7 Å². The minimum atomic E-state index is 0. The van der Waals surface area contributed by atoms with E-state index >= 15 is 0 Å². The zero-order valence-electron chi connectivity index (χ0n) is 14.7. The van der Waals surface area contributed by atoms with Crippen LogP contribution in [0.1, 0.15) is 62.0 Å². The van der Waals surface area contributed by atoms with Crippen molar-refractivity contribution in [2.24, 2.45) is 0 Å². The molecule has 0 aliphatic heterocycles. The average molecular weight is 564 g/mol. The summed E-state index contributed by atoms with van der Waals surface area (Å²) in [6.07, 6.45) is 0.00218. The predicted octanol–water partition coefficient (Wildman–Crippen LogP) is 6.81. The second kappa shape index (κ2) is 23.9. The van der Waals surface area contributed by atoms with Crippen LogP contribution in [0.5, 0.6) is 5.75 Å². The van der Waals surface area contributed by atoms with Crippen molar-refractivity contribution in [2.45, 2.75) is 62.5 Å².